The van der Waals surface area contributed by atoms with Gasteiger partial charge in [-0.05, 0) is 49.9 Å². The van der Waals surface area contributed by atoms with Gasteiger partial charge in [0.05, 0.1) is 0 Å². The summed E-state index contributed by atoms with van der Waals surface area (Å²) in [5, 5.41) is 0. The highest BCUT2D eigenvalue weighted by molar-refractivity contribution is 6.26. The second-order valence-electron chi connectivity index (χ2n) is 6.31. The molecule has 0 heterocycles. The molecule has 0 amide bonds. The van der Waals surface area contributed by atoms with Crippen molar-refractivity contribution >= 4 is 17.6 Å². The minimum atomic E-state index is -0.236. The number of hydrogen-bond donors (Lipinski definition) is 0. The summed E-state index contributed by atoms with van der Waals surface area (Å²) in [5.41, 5.74) is 0.246. The Morgan fingerprint density at radius 3 is 2.44 bits per heavy atom. The molecule has 0 saturated heterocycles. The molecule has 0 aromatic carbocycles. The molecule has 4 aliphatic rings. The molecule has 4 aliphatic carbocycles. The van der Waals surface area contributed by atoms with Gasteiger partial charge in [-0.15, -0.1) is 11.6 Å². The minimum Gasteiger partial charge on any atom is -0.461 e. The normalized spacial score (nSPS) is 49.4. The summed E-state index contributed by atoms with van der Waals surface area (Å²) in [5.74, 6) is 2.16. The number of halogens is 1. The summed E-state index contributed by atoms with van der Waals surface area (Å²) in [4.78, 5) is 11.4. The standard InChI is InChI=1S/C13H19ClO2/c1-13-5-8-2-9(6-13)4-10(3-8)12(13)16-11(15)7-14/h8-10,12H,2-7H2,1H3. The Bertz CT molecular complexity index is 301. The Morgan fingerprint density at radius 1 is 1.31 bits per heavy atom. The molecule has 3 heteroatoms. The lowest BCUT2D eigenvalue weighted by molar-refractivity contribution is -0.187. The molecule has 3 atom stereocenters. The van der Waals surface area contributed by atoms with Crippen LogP contribution in [0.1, 0.15) is 39.0 Å². The van der Waals surface area contributed by atoms with Crippen LogP contribution in [0.25, 0.3) is 0 Å². The average Bonchev–Trinajstić information content (AvgIpc) is 2.21. The van der Waals surface area contributed by atoms with Crippen molar-refractivity contribution in [2.75, 3.05) is 5.88 Å². The quantitative estimate of drug-likeness (QED) is 0.550. The summed E-state index contributed by atoms with van der Waals surface area (Å²) in [7, 11) is 0. The molecule has 2 nitrogen and oxygen atoms in total. The molecule has 90 valence electrons. The van der Waals surface area contributed by atoms with Crippen molar-refractivity contribution in [2.24, 2.45) is 23.2 Å². The first-order valence-corrected chi connectivity index (χ1v) is 6.89. The van der Waals surface area contributed by atoms with Crippen molar-refractivity contribution in [2.45, 2.75) is 45.1 Å². The lowest BCUT2D eigenvalue weighted by Gasteiger charge is -2.59. The lowest BCUT2D eigenvalue weighted by atomic mass is 9.49. The van der Waals surface area contributed by atoms with Crippen LogP contribution in [0, 0.1) is 23.2 Å². The third-order valence-electron chi connectivity index (χ3n) is 4.93. The second-order valence-corrected chi connectivity index (χ2v) is 6.57. The zero-order chi connectivity index (χ0) is 11.3. The van der Waals surface area contributed by atoms with Gasteiger partial charge in [0, 0.05) is 5.41 Å². The van der Waals surface area contributed by atoms with Crippen LogP contribution in [0.3, 0.4) is 0 Å². The van der Waals surface area contributed by atoms with Gasteiger partial charge in [0.2, 0.25) is 0 Å². The first kappa shape index (κ1) is 10.9. The fraction of sp³-hybridized carbons (Fsp3) is 0.923. The third kappa shape index (κ3) is 1.57. The Balaban J connectivity index is 1.81. The fourth-order valence-corrected chi connectivity index (χ4v) is 4.88. The Morgan fingerprint density at radius 2 is 1.94 bits per heavy atom. The van der Waals surface area contributed by atoms with Crippen molar-refractivity contribution in [3.05, 3.63) is 0 Å². The SMILES string of the molecule is CC12CC3CC(CC(C3)C1OC(=O)CCl)C2. The van der Waals surface area contributed by atoms with Crippen molar-refractivity contribution < 1.29 is 9.53 Å². The van der Waals surface area contributed by atoms with Gasteiger partial charge in [-0.3, -0.25) is 4.79 Å². The molecule has 4 fully saturated rings. The van der Waals surface area contributed by atoms with E-state index in [1.54, 1.807) is 0 Å². The molecule has 4 bridgehead atoms. The maximum atomic E-state index is 11.4. The Hall–Kier alpha value is -0.240. The maximum Gasteiger partial charge on any atom is 0.321 e. The highest BCUT2D eigenvalue weighted by atomic mass is 35.5. The molecular weight excluding hydrogens is 224 g/mol. The molecule has 4 rings (SSSR count). The van der Waals surface area contributed by atoms with E-state index in [9.17, 15) is 4.79 Å². The summed E-state index contributed by atoms with van der Waals surface area (Å²) < 4.78 is 5.61. The van der Waals surface area contributed by atoms with Gasteiger partial charge in [0.15, 0.2) is 0 Å². The second kappa shape index (κ2) is 3.63. The fourth-order valence-electron chi connectivity index (χ4n) is 4.81. The molecule has 3 unspecified atom stereocenters. The van der Waals surface area contributed by atoms with E-state index in [0.29, 0.717) is 5.92 Å². The smallest absolute Gasteiger partial charge is 0.321 e. The molecule has 0 radical (unpaired) electrons. The maximum absolute atomic E-state index is 11.4. The van der Waals surface area contributed by atoms with Gasteiger partial charge in [-0.25, -0.2) is 0 Å². The minimum absolute atomic E-state index is 0.00778. The predicted molar refractivity (Wildman–Crippen MR) is 62.3 cm³/mol. The largest absolute Gasteiger partial charge is 0.461 e. The number of alkyl halides is 1. The van der Waals surface area contributed by atoms with Crippen LogP contribution in [-0.2, 0) is 9.53 Å². The van der Waals surface area contributed by atoms with E-state index in [0.717, 1.165) is 11.8 Å². The van der Waals surface area contributed by atoms with E-state index in [-0.39, 0.29) is 23.4 Å². The Labute approximate surface area is 102 Å². The first-order valence-electron chi connectivity index (χ1n) is 6.36. The van der Waals surface area contributed by atoms with Crippen molar-refractivity contribution in [3.63, 3.8) is 0 Å². The van der Waals surface area contributed by atoms with Crippen LogP contribution in [-0.4, -0.2) is 18.0 Å². The van der Waals surface area contributed by atoms with E-state index in [4.69, 9.17) is 16.3 Å². The number of rotatable bonds is 2. The highest BCUT2D eigenvalue weighted by Gasteiger charge is 2.56. The number of esters is 1. The first-order chi connectivity index (χ1) is 7.60. The van der Waals surface area contributed by atoms with E-state index >= 15 is 0 Å². The van der Waals surface area contributed by atoms with Crippen molar-refractivity contribution in [3.8, 4) is 0 Å². The van der Waals surface area contributed by atoms with E-state index in [1.807, 2.05) is 0 Å². The van der Waals surface area contributed by atoms with Crippen LogP contribution in [0.2, 0.25) is 0 Å². The average molecular weight is 243 g/mol. The molecule has 0 aliphatic heterocycles. The molecule has 0 aromatic rings. The summed E-state index contributed by atoms with van der Waals surface area (Å²) >= 11 is 5.54. The monoisotopic (exact) mass is 242 g/mol. The summed E-state index contributed by atoms with van der Waals surface area (Å²) in [6.45, 7) is 2.31. The van der Waals surface area contributed by atoms with E-state index in [1.165, 1.54) is 32.1 Å². The highest BCUT2D eigenvalue weighted by Crippen LogP contribution is 2.60. The van der Waals surface area contributed by atoms with Crippen LogP contribution < -0.4 is 0 Å². The molecule has 0 spiro atoms. The predicted octanol–water partition coefficient (Wildman–Crippen LogP) is 2.98. The molecule has 0 aromatic heterocycles. The van der Waals surface area contributed by atoms with Crippen LogP contribution in [0.15, 0.2) is 0 Å². The molecule has 0 N–H and O–H groups in total. The van der Waals surface area contributed by atoms with Gasteiger partial charge >= 0.3 is 5.97 Å². The Kier molecular flexibility index (Phi) is 2.47. The zero-order valence-corrected chi connectivity index (χ0v) is 10.5. The van der Waals surface area contributed by atoms with Gasteiger partial charge in [-0.2, -0.15) is 0 Å². The summed E-state index contributed by atoms with van der Waals surface area (Å²) in [6, 6.07) is 0. The number of carbonyl (C=O) groups is 1. The number of hydrogen-bond acceptors (Lipinski definition) is 2. The van der Waals surface area contributed by atoms with E-state index in [2.05, 4.69) is 6.92 Å². The van der Waals surface area contributed by atoms with Gasteiger partial charge in [0.25, 0.3) is 0 Å². The van der Waals surface area contributed by atoms with Crippen molar-refractivity contribution in [1.82, 2.24) is 0 Å². The van der Waals surface area contributed by atoms with Crippen LogP contribution in [0.4, 0.5) is 0 Å². The molecule has 4 saturated carbocycles. The molecular formula is C13H19ClO2. The zero-order valence-electron chi connectivity index (χ0n) is 9.75. The molecule has 16 heavy (non-hydrogen) atoms. The van der Waals surface area contributed by atoms with Crippen LogP contribution >= 0.6 is 11.6 Å². The van der Waals surface area contributed by atoms with Gasteiger partial charge in [0.1, 0.15) is 12.0 Å². The topological polar surface area (TPSA) is 26.3 Å². The van der Waals surface area contributed by atoms with Gasteiger partial charge in [-0.1, -0.05) is 6.92 Å². The number of ether oxygens (including phenoxy) is 1. The van der Waals surface area contributed by atoms with Crippen LogP contribution in [0.5, 0.6) is 0 Å². The van der Waals surface area contributed by atoms with Crippen molar-refractivity contribution in [1.29, 1.82) is 0 Å². The van der Waals surface area contributed by atoms with Gasteiger partial charge < -0.3 is 4.74 Å². The summed E-state index contributed by atoms with van der Waals surface area (Å²) in [6.07, 6.45) is 6.60. The van der Waals surface area contributed by atoms with E-state index < -0.39 is 0 Å². The number of carbonyl (C=O) groups excluding carboxylic acids is 1. The third-order valence-corrected chi connectivity index (χ3v) is 5.15. The lowest BCUT2D eigenvalue weighted by Crippen LogP contribution is -2.56.